The van der Waals surface area contributed by atoms with Gasteiger partial charge in [0.15, 0.2) is 0 Å². The first kappa shape index (κ1) is 20.7. The number of carbonyl (C=O) groups is 2. The number of ketones is 1. The molecule has 2 aromatic carbocycles. The zero-order valence-electron chi connectivity index (χ0n) is 17.7. The van der Waals surface area contributed by atoms with Crippen molar-refractivity contribution in [1.29, 1.82) is 0 Å². The van der Waals surface area contributed by atoms with Gasteiger partial charge in [0.25, 0.3) is 5.91 Å². The Morgan fingerprint density at radius 3 is 2.58 bits per heavy atom. The standard InChI is InChI=1S/C24H26N4O3/c1-3-13-31-24-20(21(29)16-7-5-4-6-8-16)22(25)28(27-24)19-14-17(10-9-15(19)2)23(30)26-18-11-12-18/h4-10,14,18H,3,11-13,25H2,1-2H3,(H,26,30). The van der Waals surface area contributed by atoms with Gasteiger partial charge in [-0.3, -0.25) is 9.59 Å². The molecule has 4 rings (SSSR count). The molecule has 3 N–H and O–H groups in total. The number of ether oxygens (including phenoxy) is 1. The van der Waals surface area contributed by atoms with Gasteiger partial charge in [0.05, 0.1) is 12.3 Å². The van der Waals surface area contributed by atoms with Crippen LogP contribution in [0.4, 0.5) is 5.82 Å². The zero-order valence-corrected chi connectivity index (χ0v) is 17.7. The first-order chi connectivity index (χ1) is 15.0. The van der Waals surface area contributed by atoms with Gasteiger partial charge in [-0.1, -0.05) is 43.3 Å². The fourth-order valence-electron chi connectivity index (χ4n) is 3.32. The van der Waals surface area contributed by atoms with Gasteiger partial charge >= 0.3 is 0 Å². The van der Waals surface area contributed by atoms with E-state index in [-0.39, 0.29) is 35.0 Å². The SMILES string of the molecule is CCCOc1nn(-c2cc(C(=O)NC3CC3)ccc2C)c(N)c1C(=O)c1ccccc1. The number of nitrogens with zero attached hydrogens (tertiary/aromatic N) is 2. The van der Waals surface area contributed by atoms with Gasteiger partial charge in [0.1, 0.15) is 11.4 Å². The summed E-state index contributed by atoms with van der Waals surface area (Å²) in [5.74, 6) is -0.00324. The third-order valence-electron chi connectivity index (χ3n) is 5.21. The minimum Gasteiger partial charge on any atom is -0.476 e. The van der Waals surface area contributed by atoms with E-state index in [0.717, 1.165) is 24.8 Å². The summed E-state index contributed by atoms with van der Waals surface area (Å²) in [7, 11) is 0. The van der Waals surface area contributed by atoms with Crippen molar-refractivity contribution in [2.45, 2.75) is 39.2 Å². The summed E-state index contributed by atoms with van der Waals surface area (Å²) in [4.78, 5) is 25.7. The molecule has 1 aliphatic rings. The number of nitrogen functional groups attached to an aromatic ring is 1. The molecule has 1 amide bonds. The lowest BCUT2D eigenvalue weighted by Gasteiger charge is -2.11. The molecule has 7 heteroatoms. The van der Waals surface area contributed by atoms with E-state index < -0.39 is 0 Å². The van der Waals surface area contributed by atoms with E-state index in [1.807, 2.05) is 26.0 Å². The molecule has 0 bridgehead atoms. The highest BCUT2D eigenvalue weighted by Crippen LogP contribution is 2.31. The summed E-state index contributed by atoms with van der Waals surface area (Å²) < 4.78 is 7.27. The molecule has 160 valence electrons. The van der Waals surface area contributed by atoms with Crippen molar-refractivity contribution in [2.75, 3.05) is 12.3 Å². The van der Waals surface area contributed by atoms with Crippen LogP contribution in [0, 0.1) is 6.92 Å². The molecule has 31 heavy (non-hydrogen) atoms. The quantitative estimate of drug-likeness (QED) is 0.544. The van der Waals surface area contributed by atoms with Crippen LogP contribution in [0.1, 0.15) is 58.0 Å². The molecule has 1 fully saturated rings. The fourth-order valence-corrected chi connectivity index (χ4v) is 3.32. The topological polar surface area (TPSA) is 99.2 Å². The number of hydrogen-bond acceptors (Lipinski definition) is 5. The van der Waals surface area contributed by atoms with E-state index >= 15 is 0 Å². The van der Waals surface area contributed by atoms with E-state index in [1.165, 1.54) is 4.68 Å². The molecule has 1 aromatic heterocycles. The van der Waals surface area contributed by atoms with Gasteiger partial charge in [0.2, 0.25) is 11.7 Å². The van der Waals surface area contributed by atoms with Gasteiger partial charge in [-0.2, -0.15) is 0 Å². The van der Waals surface area contributed by atoms with Crippen molar-refractivity contribution < 1.29 is 14.3 Å². The van der Waals surface area contributed by atoms with E-state index in [2.05, 4.69) is 10.4 Å². The minimum absolute atomic E-state index is 0.127. The summed E-state index contributed by atoms with van der Waals surface area (Å²) >= 11 is 0. The van der Waals surface area contributed by atoms with E-state index in [9.17, 15) is 9.59 Å². The average molecular weight is 418 g/mol. The van der Waals surface area contributed by atoms with E-state index in [1.54, 1.807) is 36.4 Å². The normalized spacial score (nSPS) is 13.1. The van der Waals surface area contributed by atoms with Gasteiger partial charge in [-0.15, -0.1) is 5.10 Å². The van der Waals surface area contributed by atoms with Crippen LogP contribution in [0.5, 0.6) is 5.88 Å². The fraction of sp³-hybridized carbons (Fsp3) is 0.292. The molecule has 1 heterocycles. The second kappa shape index (κ2) is 8.63. The molecule has 1 aliphatic carbocycles. The predicted octanol–water partition coefficient (Wildman–Crippen LogP) is 3.67. The van der Waals surface area contributed by atoms with Crippen LogP contribution in [0.15, 0.2) is 48.5 Å². The lowest BCUT2D eigenvalue weighted by molar-refractivity contribution is 0.0950. The van der Waals surface area contributed by atoms with Gasteiger partial charge in [-0.05, 0) is 43.9 Å². The maximum absolute atomic E-state index is 13.2. The van der Waals surface area contributed by atoms with Gasteiger partial charge < -0.3 is 15.8 Å². The van der Waals surface area contributed by atoms with Gasteiger partial charge in [-0.25, -0.2) is 4.68 Å². The Morgan fingerprint density at radius 1 is 1.16 bits per heavy atom. The number of aryl methyl sites for hydroxylation is 1. The van der Waals surface area contributed by atoms with Crippen molar-refractivity contribution in [3.05, 3.63) is 70.8 Å². The smallest absolute Gasteiger partial charge is 0.251 e. The van der Waals surface area contributed by atoms with E-state index in [4.69, 9.17) is 10.5 Å². The Balaban J connectivity index is 1.77. The Kier molecular flexibility index (Phi) is 5.75. The molecule has 0 radical (unpaired) electrons. The maximum Gasteiger partial charge on any atom is 0.251 e. The number of carbonyl (C=O) groups excluding carboxylic acids is 2. The first-order valence-corrected chi connectivity index (χ1v) is 10.5. The van der Waals surface area contributed by atoms with Crippen LogP contribution in [0.2, 0.25) is 0 Å². The summed E-state index contributed by atoms with van der Waals surface area (Å²) in [5.41, 5.74) is 9.19. The van der Waals surface area contributed by atoms with Crippen LogP contribution >= 0.6 is 0 Å². The number of nitrogens with two attached hydrogens (primary N) is 1. The van der Waals surface area contributed by atoms with Crippen molar-refractivity contribution in [2.24, 2.45) is 0 Å². The number of hydrogen-bond donors (Lipinski definition) is 2. The second-order valence-electron chi connectivity index (χ2n) is 7.77. The minimum atomic E-state index is -0.254. The zero-order chi connectivity index (χ0) is 22.0. The molecule has 0 saturated heterocycles. The Hall–Kier alpha value is -3.61. The van der Waals surface area contributed by atoms with Crippen LogP contribution in [-0.4, -0.2) is 34.1 Å². The van der Waals surface area contributed by atoms with Gasteiger partial charge in [0, 0.05) is 17.2 Å². The maximum atomic E-state index is 13.2. The summed E-state index contributed by atoms with van der Waals surface area (Å²) in [6.45, 7) is 4.30. The number of amides is 1. The van der Waals surface area contributed by atoms with Crippen LogP contribution < -0.4 is 15.8 Å². The summed E-state index contributed by atoms with van der Waals surface area (Å²) in [6, 6.07) is 14.5. The van der Waals surface area contributed by atoms with Crippen LogP contribution in [0.3, 0.4) is 0 Å². The van der Waals surface area contributed by atoms with Crippen LogP contribution in [-0.2, 0) is 0 Å². The lowest BCUT2D eigenvalue weighted by atomic mass is 10.1. The number of benzene rings is 2. The van der Waals surface area contributed by atoms with Crippen molar-refractivity contribution in [3.8, 4) is 11.6 Å². The lowest BCUT2D eigenvalue weighted by Crippen LogP contribution is -2.25. The monoisotopic (exact) mass is 418 g/mol. The molecule has 7 nitrogen and oxygen atoms in total. The summed E-state index contributed by atoms with van der Waals surface area (Å²) in [5, 5.41) is 7.50. The highest BCUT2D eigenvalue weighted by Gasteiger charge is 2.27. The summed E-state index contributed by atoms with van der Waals surface area (Å²) in [6.07, 6.45) is 2.79. The molecular weight excluding hydrogens is 392 g/mol. The molecule has 1 saturated carbocycles. The molecule has 0 spiro atoms. The highest BCUT2D eigenvalue weighted by atomic mass is 16.5. The molecule has 0 unspecified atom stereocenters. The molecule has 0 aliphatic heterocycles. The Morgan fingerprint density at radius 2 is 1.90 bits per heavy atom. The molecule has 0 atom stereocenters. The van der Waals surface area contributed by atoms with Crippen molar-refractivity contribution >= 4 is 17.5 Å². The first-order valence-electron chi connectivity index (χ1n) is 10.5. The molecular formula is C24H26N4O3. The Bertz CT molecular complexity index is 1120. The highest BCUT2D eigenvalue weighted by molar-refractivity contribution is 6.13. The Labute approximate surface area is 181 Å². The number of anilines is 1. The van der Waals surface area contributed by atoms with Crippen molar-refractivity contribution in [1.82, 2.24) is 15.1 Å². The second-order valence-corrected chi connectivity index (χ2v) is 7.77. The van der Waals surface area contributed by atoms with Crippen molar-refractivity contribution in [3.63, 3.8) is 0 Å². The number of nitrogens with one attached hydrogen (secondary N) is 1. The van der Waals surface area contributed by atoms with E-state index in [0.29, 0.717) is 23.4 Å². The largest absolute Gasteiger partial charge is 0.476 e. The predicted molar refractivity (Wildman–Crippen MR) is 119 cm³/mol. The molecule has 3 aromatic rings. The number of aromatic nitrogens is 2. The third kappa shape index (κ3) is 4.30. The number of rotatable bonds is 8. The van der Waals surface area contributed by atoms with Crippen LogP contribution in [0.25, 0.3) is 5.69 Å². The third-order valence-corrected chi connectivity index (χ3v) is 5.21. The average Bonchev–Trinajstić information content (AvgIpc) is 3.54.